The van der Waals surface area contributed by atoms with Crippen molar-refractivity contribution >= 4 is 17.7 Å². The van der Waals surface area contributed by atoms with Gasteiger partial charge < -0.3 is 29.0 Å². The summed E-state index contributed by atoms with van der Waals surface area (Å²) in [5.41, 5.74) is 0. The molecule has 0 aromatic carbocycles. The molecule has 0 aliphatic carbocycles. The summed E-state index contributed by atoms with van der Waals surface area (Å²) in [6.45, 7) is 3.80. The number of ether oxygens (including phenoxy) is 5. The highest BCUT2D eigenvalue weighted by Gasteiger charge is 2.28. The molecule has 0 saturated carbocycles. The van der Waals surface area contributed by atoms with Crippen LogP contribution < -0.4 is 5.32 Å². The predicted molar refractivity (Wildman–Crippen MR) is 103 cm³/mol. The van der Waals surface area contributed by atoms with Gasteiger partial charge in [-0.3, -0.25) is 19.3 Å². The van der Waals surface area contributed by atoms with Gasteiger partial charge in [0.1, 0.15) is 6.10 Å². The number of nitrogens with zero attached hydrogens (tertiary/aromatic N) is 1. The molecule has 0 spiro atoms. The van der Waals surface area contributed by atoms with E-state index in [-0.39, 0.29) is 49.6 Å². The van der Waals surface area contributed by atoms with Crippen LogP contribution >= 0.6 is 0 Å². The maximum atomic E-state index is 11.8. The first-order valence-electron chi connectivity index (χ1n) is 9.93. The fourth-order valence-corrected chi connectivity index (χ4v) is 2.59. The first-order valence-corrected chi connectivity index (χ1v) is 9.93. The van der Waals surface area contributed by atoms with Gasteiger partial charge in [-0.25, -0.2) is 0 Å². The molecule has 0 aromatic heterocycles. The second kappa shape index (κ2) is 16.2. The van der Waals surface area contributed by atoms with E-state index < -0.39 is 0 Å². The van der Waals surface area contributed by atoms with E-state index in [0.717, 1.165) is 4.90 Å². The number of carbonyl (C=O) groups is 3. The summed E-state index contributed by atoms with van der Waals surface area (Å²) in [7, 11) is 3.22. The van der Waals surface area contributed by atoms with E-state index in [1.807, 2.05) is 0 Å². The number of carbonyl (C=O) groups excluding carboxylic acids is 3. The van der Waals surface area contributed by atoms with Gasteiger partial charge in [0.25, 0.3) is 0 Å². The second-order valence-corrected chi connectivity index (χ2v) is 6.52. The van der Waals surface area contributed by atoms with Crippen molar-refractivity contribution in [2.45, 2.75) is 31.8 Å². The Balaban J connectivity index is 2.08. The summed E-state index contributed by atoms with van der Waals surface area (Å²) in [4.78, 5) is 35.9. The van der Waals surface area contributed by atoms with Gasteiger partial charge in [0, 0.05) is 53.2 Å². The summed E-state index contributed by atoms with van der Waals surface area (Å²) in [6.07, 6.45) is 1.04. The van der Waals surface area contributed by atoms with Gasteiger partial charge in [-0.15, -0.1) is 0 Å². The SMILES string of the molecule is COCCOCC(COCCCNC(=O)CCN1C(=O)CCC1=O)OCCOC. The fraction of sp³-hybridized carbons (Fsp3) is 0.842. The lowest BCUT2D eigenvalue weighted by Crippen LogP contribution is -2.34. The number of amides is 3. The third-order valence-electron chi connectivity index (χ3n) is 4.19. The predicted octanol–water partition coefficient (Wildman–Crippen LogP) is -0.257. The second-order valence-electron chi connectivity index (χ2n) is 6.52. The average molecular weight is 418 g/mol. The Bertz CT molecular complexity index is 473. The monoisotopic (exact) mass is 418 g/mol. The van der Waals surface area contributed by atoms with E-state index in [0.29, 0.717) is 59.2 Å². The van der Waals surface area contributed by atoms with E-state index in [4.69, 9.17) is 23.7 Å². The Kier molecular flexibility index (Phi) is 14.2. The van der Waals surface area contributed by atoms with E-state index in [1.54, 1.807) is 14.2 Å². The van der Waals surface area contributed by atoms with Crippen LogP contribution in [0.3, 0.4) is 0 Å². The summed E-state index contributed by atoms with van der Waals surface area (Å²) in [6, 6.07) is 0. The highest BCUT2D eigenvalue weighted by Crippen LogP contribution is 2.11. The van der Waals surface area contributed by atoms with Gasteiger partial charge in [-0.1, -0.05) is 0 Å². The first kappa shape index (κ1) is 25.4. The molecule has 29 heavy (non-hydrogen) atoms. The molecule has 1 aliphatic heterocycles. The van der Waals surface area contributed by atoms with Gasteiger partial charge >= 0.3 is 0 Å². The van der Waals surface area contributed by atoms with Crippen LogP contribution in [-0.2, 0) is 38.1 Å². The largest absolute Gasteiger partial charge is 0.382 e. The number of nitrogens with one attached hydrogen (secondary N) is 1. The van der Waals surface area contributed by atoms with Crippen LogP contribution in [0.4, 0.5) is 0 Å². The Morgan fingerprint density at radius 2 is 1.59 bits per heavy atom. The molecule has 0 radical (unpaired) electrons. The van der Waals surface area contributed by atoms with Crippen molar-refractivity contribution in [1.82, 2.24) is 10.2 Å². The van der Waals surface area contributed by atoms with Crippen molar-refractivity contribution in [3.8, 4) is 0 Å². The highest BCUT2D eigenvalue weighted by molar-refractivity contribution is 6.02. The van der Waals surface area contributed by atoms with Crippen molar-refractivity contribution in [3.63, 3.8) is 0 Å². The van der Waals surface area contributed by atoms with Crippen LogP contribution in [0, 0.1) is 0 Å². The number of imide groups is 1. The van der Waals surface area contributed by atoms with E-state index in [9.17, 15) is 14.4 Å². The number of hydrogen-bond acceptors (Lipinski definition) is 8. The summed E-state index contributed by atoms with van der Waals surface area (Å²) >= 11 is 0. The number of rotatable bonds is 18. The van der Waals surface area contributed by atoms with Crippen molar-refractivity contribution < 1.29 is 38.1 Å². The van der Waals surface area contributed by atoms with Gasteiger partial charge in [0.05, 0.1) is 39.6 Å². The standard InChI is InChI=1S/C19H34N2O8/c1-25-10-12-28-15-16(29-13-11-26-2)14-27-9-3-7-20-17(22)6-8-21-18(23)4-5-19(21)24/h16H,3-15H2,1-2H3,(H,20,22). The van der Waals surface area contributed by atoms with Gasteiger partial charge in [0.15, 0.2) is 0 Å². The lowest BCUT2D eigenvalue weighted by Gasteiger charge is -2.18. The molecular weight excluding hydrogens is 384 g/mol. The molecule has 168 valence electrons. The molecule has 1 unspecified atom stereocenters. The molecule has 1 saturated heterocycles. The average Bonchev–Trinajstić information content (AvgIpc) is 3.03. The zero-order valence-corrected chi connectivity index (χ0v) is 17.5. The van der Waals surface area contributed by atoms with E-state index >= 15 is 0 Å². The minimum absolute atomic E-state index is 0.118. The molecular formula is C19H34N2O8. The molecule has 1 N–H and O–H groups in total. The smallest absolute Gasteiger partial charge is 0.229 e. The maximum Gasteiger partial charge on any atom is 0.229 e. The molecule has 1 heterocycles. The third kappa shape index (κ3) is 11.9. The minimum Gasteiger partial charge on any atom is -0.382 e. The van der Waals surface area contributed by atoms with Crippen molar-refractivity contribution in [1.29, 1.82) is 0 Å². The summed E-state index contributed by atoms with van der Waals surface area (Å²) < 4.78 is 26.7. The van der Waals surface area contributed by atoms with Crippen LogP contribution in [0.25, 0.3) is 0 Å². The molecule has 1 aliphatic rings. The lowest BCUT2D eigenvalue weighted by molar-refractivity contribution is -0.138. The zero-order chi connectivity index (χ0) is 21.3. The van der Waals surface area contributed by atoms with Gasteiger partial charge in [0.2, 0.25) is 17.7 Å². The fourth-order valence-electron chi connectivity index (χ4n) is 2.59. The molecule has 3 amide bonds. The molecule has 10 nitrogen and oxygen atoms in total. The number of likely N-dealkylation sites (tertiary alicyclic amines) is 1. The maximum absolute atomic E-state index is 11.8. The first-order chi connectivity index (χ1) is 14.1. The van der Waals surface area contributed by atoms with Crippen LogP contribution in [0.1, 0.15) is 25.7 Å². The van der Waals surface area contributed by atoms with Gasteiger partial charge in [-0.05, 0) is 6.42 Å². The lowest BCUT2D eigenvalue weighted by atomic mass is 10.3. The Morgan fingerprint density at radius 3 is 2.24 bits per heavy atom. The van der Waals surface area contributed by atoms with Crippen LogP contribution in [0.5, 0.6) is 0 Å². The molecule has 10 heteroatoms. The van der Waals surface area contributed by atoms with Crippen LogP contribution in [0.2, 0.25) is 0 Å². The van der Waals surface area contributed by atoms with Crippen LogP contribution in [-0.4, -0.2) is 102 Å². The quantitative estimate of drug-likeness (QED) is 0.239. The minimum atomic E-state index is -0.204. The molecule has 1 rings (SSSR count). The molecule has 1 fully saturated rings. The Hall–Kier alpha value is -1.59. The third-order valence-corrected chi connectivity index (χ3v) is 4.19. The number of hydrogen-bond donors (Lipinski definition) is 1. The molecule has 0 bridgehead atoms. The van der Waals surface area contributed by atoms with E-state index in [2.05, 4.69) is 5.32 Å². The number of methoxy groups -OCH3 is 2. The Labute approximate surface area is 172 Å². The van der Waals surface area contributed by atoms with Gasteiger partial charge in [-0.2, -0.15) is 0 Å². The Morgan fingerprint density at radius 1 is 0.966 bits per heavy atom. The van der Waals surface area contributed by atoms with Crippen LogP contribution in [0.15, 0.2) is 0 Å². The zero-order valence-electron chi connectivity index (χ0n) is 17.5. The summed E-state index contributed by atoms with van der Waals surface area (Å²) in [5.74, 6) is -0.598. The van der Waals surface area contributed by atoms with Crippen molar-refractivity contribution in [2.24, 2.45) is 0 Å². The summed E-state index contributed by atoms with van der Waals surface area (Å²) in [5, 5.41) is 2.76. The van der Waals surface area contributed by atoms with Crippen molar-refractivity contribution in [2.75, 3.05) is 73.6 Å². The normalized spacial score (nSPS) is 15.2. The molecule has 1 atom stereocenters. The van der Waals surface area contributed by atoms with Crippen molar-refractivity contribution in [3.05, 3.63) is 0 Å². The van der Waals surface area contributed by atoms with E-state index in [1.165, 1.54) is 0 Å². The molecule has 0 aromatic rings. The topological polar surface area (TPSA) is 113 Å². The highest BCUT2D eigenvalue weighted by atomic mass is 16.6.